The van der Waals surface area contributed by atoms with Gasteiger partial charge in [0.1, 0.15) is 11.9 Å². The van der Waals surface area contributed by atoms with Gasteiger partial charge in [0.2, 0.25) is 10.0 Å². The number of carbonyl (C=O) groups excluding carboxylic acids is 1. The summed E-state index contributed by atoms with van der Waals surface area (Å²) in [6.45, 7) is 5.39. The zero-order valence-corrected chi connectivity index (χ0v) is 24.4. The second-order valence-corrected chi connectivity index (χ2v) is 12.8. The van der Waals surface area contributed by atoms with Crippen LogP contribution < -0.4 is 21.1 Å². The van der Waals surface area contributed by atoms with Crippen molar-refractivity contribution in [2.45, 2.75) is 49.8 Å². The SMILES string of the molecule is CC(C)CN(C[C@@H](O)[C@H](Cc1ccccc1)NC(=O)c1ccccc1O[C@@H]1CCNC1)S(=O)(=O)c1ccc(N)cc1. The van der Waals surface area contributed by atoms with Gasteiger partial charge in [-0.2, -0.15) is 4.31 Å². The molecule has 5 N–H and O–H groups in total. The molecule has 0 saturated carbocycles. The van der Waals surface area contributed by atoms with E-state index in [-0.39, 0.29) is 30.0 Å². The molecule has 1 aliphatic heterocycles. The topological polar surface area (TPSA) is 134 Å². The van der Waals surface area contributed by atoms with Crippen molar-refractivity contribution in [1.82, 2.24) is 14.9 Å². The number of nitrogens with one attached hydrogen (secondary N) is 2. The highest BCUT2D eigenvalue weighted by Crippen LogP contribution is 2.23. The highest BCUT2D eigenvalue weighted by molar-refractivity contribution is 7.89. The molecule has 0 aliphatic carbocycles. The van der Waals surface area contributed by atoms with Gasteiger partial charge >= 0.3 is 0 Å². The van der Waals surface area contributed by atoms with E-state index in [1.54, 1.807) is 18.2 Å². The van der Waals surface area contributed by atoms with E-state index in [2.05, 4.69) is 10.6 Å². The van der Waals surface area contributed by atoms with Crippen LogP contribution in [0.25, 0.3) is 0 Å². The summed E-state index contributed by atoms with van der Waals surface area (Å²) < 4.78 is 34.6. The van der Waals surface area contributed by atoms with Gasteiger partial charge in [0, 0.05) is 25.3 Å². The van der Waals surface area contributed by atoms with Gasteiger partial charge in [-0.15, -0.1) is 0 Å². The van der Waals surface area contributed by atoms with Crippen LogP contribution in [0.15, 0.2) is 83.8 Å². The standard InChI is InChI=1S/C31H40N4O5S/c1-22(2)20-35(41(38,39)26-14-12-24(32)13-15-26)21-29(36)28(18-23-8-4-3-5-9-23)34-31(37)27-10-6-7-11-30(27)40-25-16-17-33-19-25/h3-15,22,25,28-29,33,36H,16-21,32H2,1-2H3,(H,34,37)/t25-,28+,29-/m1/s1. The maximum absolute atomic E-state index is 13.6. The molecule has 1 saturated heterocycles. The molecule has 3 atom stereocenters. The third-order valence-electron chi connectivity index (χ3n) is 7.00. The lowest BCUT2D eigenvalue weighted by Gasteiger charge is -2.31. The average Bonchev–Trinajstić information content (AvgIpc) is 3.46. The number of benzene rings is 3. The Morgan fingerprint density at radius 2 is 1.73 bits per heavy atom. The molecule has 41 heavy (non-hydrogen) atoms. The number of hydrogen-bond acceptors (Lipinski definition) is 7. The molecule has 10 heteroatoms. The van der Waals surface area contributed by atoms with Crippen LogP contribution in [0.5, 0.6) is 5.75 Å². The molecule has 220 valence electrons. The Bertz CT molecular complexity index is 1380. The van der Waals surface area contributed by atoms with E-state index in [0.29, 0.717) is 30.0 Å². The van der Waals surface area contributed by atoms with Crippen LogP contribution in [0.2, 0.25) is 0 Å². The molecule has 4 rings (SSSR count). The normalized spacial score (nSPS) is 17.0. The minimum absolute atomic E-state index is 0.00187. The van der Waals surface area contributed by atoms with E-state index >= 15 is 0 Å². The molecule has 1 amide bonds. The molecular formula is C31H40N4O5S. The molecule has 0 aromatic heterocycles. The monoisotopic (exact) mass is 580 g/mol. The summed E-state index contributed by atoms with van der Waals surface area (Å²) >= 11 is 0. The largest absolute Gasteiger partial charge is 0.488 e. The van der Waals surface area contributed by atoms with Crippen molar-refractivity contribution in [1.29, 1.82) is 0 Å². The fourth-order valence-electron chi connectivity index (χ4n) is 4.87. The van der Waals surface area contributed by atoms with Crippen LogP contribution in [0.1, 0.15) is 36.2 Å². The molecule has 1 fully saturated rings. The fraction of sp³-hybridized carbons (Fsp3) is 0.387. The van der Waals surface area contributed by atoms with Crippen molar-refractivity contribution >= 4 is 21.6 Å². The molecule has 0 radical (unpaired) electrons. The number of aliphatic hydroxyl groups excluding tert-OH is 1. The summed E-state index contributed by atoms with van der Waals surface area (Å²) in [6.07, 6.45) is -0.0772. The quantitative estimate of drug-likeness (QED) is 0.228. The summed E-state index contributed by atoms with van der Waals surface area (Å²) in [7, 11) is -3.94. The predicted octanol–water partition coefficient (Wildman–Crippen LogP) is 3.06. The van der Waals surface area contributed by atoms with Gasteiger partial charge in [-0.05, 0) is 67.3 Å². The summed E-state index contributed by atoms with van der Waals surface area (Å²) in [6, 6.07) is 21.7. The van der Waals surface area contributed by atoms with Crippen molar-refractivity contribution in [3.63, 3.8) is 0 Å². The van der Waals surface area contributed by atoms with Gasteiger partial charge in [0.05, 0.1) is 22.6 Å². The number of aliphatic hydroxyl groups is 1. The Labute approximate surface area is 242 Å². The first-order chi connectivity index (χ1) is 19.6. The first-order valence-electron chi connectivity index (χ1n) is 14.0. The lowest BCUT2D eigenvalue weighted by Crippen LogP contribution is -2.51. The number of anilines is 1. The molecule has 1 heterocycles. The van der Waals surface area contributed by atoms with E-state index in [1.165, 1.54) is 28.6 Å². The number of nitrogen functional groups attached to an aromatic ring is 1. The number of hydrogen-bond donors (Lipinski definition) is 4. The highest BCUT2D eigenvalue weighted by atomic mass is 32.2. The first-order valence-corrected chi connectivity index (χ1v) is 15.4. The number of nitrogens with zero attached hydrogens (tertiary/aromatic N) is 1. The molecule has 3 aromatic rings. The van der Waals surface area contributed by atoms with Crippen molar-refractivity contribution in [3.8, 4) is 5.75 Å². The third-order valence-corrected chi connectivity index (χ3v) is 8.84. The fourth-order valence-corrected chi connectivity index (χ4v) is 6.49. The van der Waals surface area contributed by atoms with Crippen molar-refractivity contribution in [2.24, 2.45) is 5.92 Å². The number of carbonyl (C=O) groups is 1. The summed E-state index contributed by atoms with van der Waals surface area (Å²) in [5.41, 5.74) is 7.48. The molecule has 0 unspecified atom stereocenters. The van der Waals surface area contributed by atoms with Crippen LogP contribution in [0.3, 0.4) is 0 Å². The number of nitrogens with two attached hydrogens (primary N) is 1. The zero-order valence-electron chi connectivity index (χ0n) is 23.6. The number of sulfonamides is 1. The summed E-state index contributed by atoms with van der Waals surface area (Å²) in [4.78, 5) is 13.7. The van der Waals surface area contributed by atoms with Crippen molar-refractivity contribution in [2.75, 3.05) is 31.9 Å². The van der Waals surface area contributed by atoms with Gasteiger partial charge in [0.15, 0.2) is 0 Å². The van der Waals surface area contributed by atoms with Gasteiger partial charge in [0.25, 0.3) is 5.91 Å². The number of rotatable bonds is 13. The smallest absolute Gasteiger partial charge is 0.255 e. The molecule has 9 nitrogen and oxygen atoms in total. The predicted molar refractivity (Wildman–Crippen MR) is 160 cm³/mol. The van der Waals surface area contributed by atoms with E-state index in [0.717, 1.165) is 18.5 Å². The average molecular weight is 581 g/mol. The third kappa shape index (κ3) is 8.29. The lowest BCUT2D eigenvalue weighted by atomic mass is 10.00. The number of ether oxygens (including phenoxy) is 1. The molecule has 3 aromatic carbocycles. The minimum Gasteiger partial charge on any atom is -0.488 e. The minimum atomic E-state index is -3.94. The van der Waals surface area contributed by atoms with Crippen LogP contribution in [0.4, 0.5) is 5.69 Å². The van der Waals surface area contributed by atoms with Gasteiger partial charge in [-0.25, -0.2) is 8.42 Å². The second-order valence-electron chi connectivity index (χ2n) is 10.9. The Kier molecular flexibility index (Phi) is 10.4. The molecule has 0 bridgehead atoms. The van der Waals surface area contributed by atoms with Crippen molar-refractivity contribution in [3.05, 3.63) is 90.0 Å². The van der Waals surface area contributed by atoms with Gasteiger partial charge < -0.3 is 26.2 Å². The lowest BCUT2D eigenvalue weighted by molar-refractivity contribution is 0.0771. The highest BCUT2D eigenvalue weighted by Gasteiger charge is 2.32. The Hall–Kier alpha value is -3.44. The van der Waals surface area contributed by atoms with E-state index in [4.69, 9.17) is 10.5 Å². The van der Waals surface area contributed by atoms with Crippen LogP contribution >= 0.6 is 0 Å². The summed E-state index contributed by atoms with van der Waals surface area (Å²) in [5.74, 6) is 0.0735. The Morgan fingerprint density at radius 1 is 1.05 bits per heavy atom. The van der Waals surface area contributed by atoms with Crippen LogP contribution in [0, 0.1) is 5.92 Å². The number of amides is 1. The van der Waals surface area contributed by atoms with E-state index in [1.807, 2.05) is 50.2 Å². The van der Waals surface area contributed by atoms with Gasteiger partial charge in [-0.1, -0.05) is 56.3 Å². The van der Waals surface area contributed by atoms with Crippen LogP contribution in [-0.2, 0) is 16.4 Å². The summed E-state index contributed by atoms with van der Waals surface area (Å²) in [5, 5.41) is 17.8. The van der Waals surface area contributed by atoms with Crippen molar-refractivity contribution < 1.29 is 23.1 Å². The van der Waals surface area contributed by atoms with E-state index in [9.17, 15) is 18.3 Å². The number of para-hydroxylation sites is 1. The molecular weight excluding hydrogens is 540 g/mol. The zero-order chi connectivity index (χ0) is 29.4. The molecule has 1 aliphatic rings. The van der Waals surface area contributed by atoms with E-state index < -0.39 is 28.1 Å². The van der Waals surface area contributed by atoms with Crippen LogP contribution in [-0.4, -0.2) is 68.2 Å². The molecule has 0 spiro atoms. The maximum Gasteiger partial charge on any atom is 0.255 e. The Morgan fingerprint density at radius 3 is 2.39 bits per heavy atom. The van der Waals surface area contributed by atoms with Gasteiger partial charge in [-0.3, -0.25) is 4.79 Å². The maximum atomic E-state index is 13.6. The Balaban J connectivity index is 1.59. The first kappa shape index (κ1) is 30.5. The second kappa shape index (κ2) is 14.0.